The van der Waals surface area contributed by atoms with Gasteiger partial charge in [0.05, 0.1) is 24.0 Å². The molecule has 2 aliphatic rings. The van der Waals surface area contributed by atoms with E-state index in [1.165, 1.54) is 28.7 Å². The number of likely N-dealkylation sites (tertiary alicyclic amines) is 1. The highest BCUT2D eigenvalue weighted by Crippen LogP contribution is 2.24. The normalized spacial score (nSPS) is 22.0. The largest absolute Gasteiger partial charge is 0.379 e. The van der Waals surface area contributed by atoms with Gasteiger partial charge in [-0.1, -0.05) is 18.7 Å². The predicted octanol–water partition coefficient (Wildman–Crippen LogP) is 1.99. The molecule has 0 aliphatic carbocycles. The van der Waals surface area contributed by atoms with Gasteiger partial charge in [0.25, 0.3) is 0 Å². The number of ether oxygens (including phenoxy) is 1. The van der Waals surface area contributed by atoms with E-state index in [2.05, 4.69) is 11.9 Å². The lowest BCUT2D eigenvalue weighted by Gasteiger charge is -2.35. The number of morpholine rings is 1. The standard InChI is InChI=1S/C18H27N3O4S2/c1-2-15-5-3-4-8-21(15)18(22)14-26-17-7-6-16(13-19-17)27(23,24)20-9-11-25-12-10-20/h6-7,13,15H,2-5,8-12,14H2,1H3/t15-/m1/s1. The first-order valence-electron chi connectivity index (χ1n) is 9.48. The Labute approximate surface area is 165 Å². The number of hydrogen-bond acceptors (Lipinski definition) is 6. The molecule has 1 aromatic rings. The Bertz CT molecular complexity index is 733. The first-order chi connectivity index (χ1) is 13.0. The lowest BCUT2D eigenvalue weighted by Crippen LogP contribution is -2.44. The van der Waals surface area contributed by atoms with Crippen molar-refractivity contribution in [3.8, 4) is 0 Å². The molecule has 0 unspecified atom stereocenters. The number of thioether (sulfide) groups is 1. The van der Waals surface area contributed by atoms with Crippen LogP contribution < -0.4 is 0 Å². The van der Waals surface area contributed by atoms with Crippen molar-refractivity contribution in [3.05, 3.63) is 18.3 Å². The highest BCUT2D eigenvalue weighted by molar-refractivity contribution is 7.99. The first kappa shape index (κ1) is 20.6. The molecule has 0 spiro atoms. The van der Waals surface area contributed by atoms with Gasteiger partial charge in [0.2, 0.25) is 15.9 Å². The third kappa shape index (κ3) is 5.01. The van der Waals surface area contributed by atoms with Crippen LogP contribution >= 0.6 is 11.8 Å². The number of hydrogen-bond donors (Lipinski definition) is 0. The van der Waals surface area contributed by atoms with Crippen LogP contribution in [0.4, 0.5) is 0 Å². The maximum absolute atomic E-state index is 12.6. The zero-order chi connectivity index (χ0) is 19.3. The summed E-state index contributed by atoms with van der Waals surface area (Å²) >= 11 is 1.36. The minimum atomic E-state index is -3.53. The second kappa shape index (κ2) is 9.36. The maximum atomic E-state index is 12.6. The van der Waals surface area contributed by atoms with Crippen LogP contribution in [-0.2, 0) is 19.6 Å². The predicted molar refractivity (Wildman–Crippen MR) is 104 cm³/mol. The summed E-state index contributed by atoms with van der Waals surface area (Å²) in [5, 5.41) is 0.661. The smallest absolute Gasteiger partial charge is 0.244 e. The summed E-state index contributed by atoms with van der Waals surface area (Å²) in [5.41, 5.74) is 0. The van der Waals surface area contributed by atoms with Crippen LogP contribution in [0.25, 0.3) is 0 Å². The summed E-state index contributed by atoms with van der Waals surface area (Å²) in [6.45, 7) is 4.51. The SMILES string of the molecule is CC[C@@H]1CCCCN1C(=O)CSc1ccc(S(=O)(=O)N2CCOCC2)cn1. The lowest BCUT2D eigenvalue weighted by molar-refractivity contribution is -0.132. The fourth-order valence-corrected chi connectivity index (χ4v) is 5.60. The zero-order valence-corrected chi connectivity index (χ0v) is 17.3. The Morgan fingerprint density at radius 1 is 1.26 bits per heavy atom. The topological polar surface area (TPSA) is 79.8 Å². The molecule has 2 saturated heterocycles. The molecule has 9 heteroatoms. The van der Waals surface area contributed by atoms with Crippen molar-refractivity contribution in [1.82, 2.24) is 14.2 Å². The van der Waals surface area contributed by atoms with Crippen LogP contribution in [0.1, 0.15) is 32.6 Å². The molecule has 0 radical (unpaired) electrons. The fourth-order valence-electron chi connectivity index (χ4n) is 3.51. The molecule has 0 bridgehead atoms. The van der Waals surface area contributed by atoms with Gasteiger partial charge in [-0.15, -0.1) is 0 Å². The maximum Gasteiger partial charge on any atom is 0.244 e. The quantitative estimate of drug-likeness (QED) is 0.664. The average Bonchev–Trinajstić information content (AvgIpc) is 2.73. The molecule has 0 aromatic carbocycles. The number of carbonyl (C=O) groups excluding carboxylic acids is 1. The Kier molecular flexibility index (Phi) is 7.13. The van der Waals surface area contributed by atoms with Crippen LogP contribution in [0, 0.1) is 0 Å². The summed E-state index contributed by atoms with van der Waals surface area (Å²) < 4.78 is 31.8. The number of amides is 1. The Morgan fingerprint density at radius 3 is 2.70 bits per heavy atom. The number of carbonyl (C=O) groups is 1. The molecule has 1 atom stereocenters. The van der Waals surface area contributed by atoms with Gasteiger partial charge in [0, 0.05) is 31.9 Å². The third-order valence-electron chi connectivity index (χ3n) is 5.08. The van der Waals surface area contributed by atoms with Gasteiger partial charge < -0.3 is 9.64 Å². The van der Waals surface area contributed by atoms with Gasteiger partial charge >= 0.3 is 0 Å². The molecule has 1 amide bonds. The molecule has 3 rings (SSSR count). The monoisotopic (exact) mass is 413 g/mol. The van der Waals surface area contributed by atoms with Crippen LogP contribution in [0.15, 0.2) is 28.3 Å². The van der Waals surface area contributed by atoms with E-state index >= 15 is 0 Å². The van der Waals surface area contributed by atoms with E-state index in [9.17, 15) is 13.2 Å². The van der Waals surface area contributed by atoms with Gasteiger partial charge in [-0.2, -0.15) is 4.31 Å². The molecule has 0 N–H and O–H groups in total. The molecule has 27 heavy (non-hydrogen) atoms. The second-order valence-corrected chi connectivity index (χ2v) is 9.72. The molecular weight excluding hydrogens is 386 g/mol. The van der Waals surface area contributed by atoms with Gasteiger partial charge in [0.15, 0.2) is 0 Å². The highest BCUT2D eigenvalue weighted by Gasteiger charge is 2.27. The van der Waals surface area contributed by atoms with E-state index in [0.717, 1.165) is 25.8 Å². The second-order valence-electron chi connectivity index (χ2n) is 6.78. The zero-order valence-electron chi connectivity index (χ0n) is 15.7. The molecule has 150 valence electrons. The molecule has 2 aliphatic heterocycles. The van der Waals surface area contributed by atoms with Crippen molar-refractivity contribution in [2.24, 2.45) is 0 Å². The van der Waals surface area contributed by atoms with Crippen molar-refractivity contribution in [2.75, 3.05) is 38.6 Å². The molecule has 7 nitrogen and oxygen atoms in total. The molecule has 0 saturated carbocycles. The van der Waals surface area contributed by atoms with E-state index in [-0.39, 0.29) is 10.8 Å². The minimum Gasteiger partial charge on any atom is -0.379 e. The Hall–Kier alpha value is -1.16. The Morgan fingerprint density at radius 2 is 2.04 bits per heavy atom. The van der Waals surface area contributed by atoms with Crippen molar-refractivity contribution >= 4 is 27.7 Å². The van der Waals surface area contributed by atoms with Crippen molar-refractivity contribution < 1.29 is 17.9 Å². The Balaban J connectivity index is 1.58. The molecule has 1 aromatic heterocycles. The number of piperidine rings is 1. The van der Waals surface area contributed by atoms with Gasteiger partial charge in [-0.3, -0.25) is 4.79 Å². The summed E-state index contributed by atoms with van der Waals surface area (Å²) in [6.07, 6.45) is 5.71. The summed E-state index contributed by atoms with van der Waals surface area (Å²) in [4.78, 5) is 19.0. The van der Waals surface area contributed by atoms with Crippen molar-refractivity contribution in [2.45, 2.75) is 48.6 Å². The fraction of sp³-hybridized carbons (Fsp3) is 0.667. The lowest BCUT2D eigenvalue weighted by atomic mass is 10.0. The van der Waals surface area contributed by atoms with Gasteiger partial charge in [-0.05, 0) is 37.8 Å². The van der Waals surface area contributed by atoms with Crippen LogP contribution in [0.3, 0.4) is 0 Å². The summed E-state index contributed by atoms with van der Waals surface area (Å²) in [5.74, 6) is 0.470. The number of pyridine rings is 1. The van der Waals surface area contributed by atoms with E-state index in [1.807, 2.05) is 4.90 Å². The van der Waals surface area contributed by atoms with Gasteiger partial charge in [0.1, 0.15) is 4.90 Å². The number of rotatable bonds is 6. The van der Waals surface area contributed by atoms with Crippen molar-refractivity contribution in [1.29, 1.82) is 0 Å². The number of aromatic nitrogens is 1. The van der Waals surface area contributed by atoms with Crippen LogP contribution in [0.2, 0.25) is 0 Å². The highest BCUT2D eigenvalue weighted by atomic mass is 32.2. The average molecular weight is 414 g/mol. The number of sulfonamides is 1. The third-order valence-corrected chi connectivity index (χ3v) is 7.89. The van der Waals surface area contributed by atoms with Crippen LogP contribution in [0.5, 0.6) is 0 Å². The molecule has 3 heterocycles. The van der Waals surface area contributed by atoms with Gasteiger partial charge in [-0.25, -0.2) is 13.4 Å². The molecular formula is C18H27N3O4S2. The van der Waals surface area contributed by atoms with Crippen LogP contribution in [-0.4, -0.2) is 73.2 Å². The summed E-state index contributed by atoms with van der Waals surface area (Å²) in [6, 6.07) is 3.60. The van der Waals surface area contributed by atoms with E-state index in [4.69, 9.17) is 4.74 Å². The summed E-state index contributed by atoms with van der Waals surface area (Å²) in [7, 11) is -3.53. The van der Waals surface area contributed by atoms with Crippen molar-refractivity contribution in [3.63, 3.8) is 0 Å². The van der Waals surface area contributed by atoms with E-state index in [1.54, 1.807) is 12.1 Å². The minimum absolute atomic E-state index is 0.137. The first-order valence-corrected chi connectivity index (χ1v) is 11.9. The number of nitrogens with zero attached hydrogens (tertiary/aromatic N) is 3. The van der Waals surface area contributed by atoms with E-state index < -0.39 is 10.0 Å². The molecule has 2 fully saturated rings. The van der Waals surface area contributed by atoms with E-state index in [0.29, 0.717) is 43.1 Å².